The van der Waals surface area contributed by atoms with Gasteiger partial charge in [-0.2, -0.15) is 5.10 Å². The molecule has 0 unspecified atom stereocenters. The third kappa shape index (κ3) is 4.68. The maximum atomic E-state index is 11.9. The number of aromatic amines is 1. The van der Waals surface area contributed by atoms with Crippen LogP contribution in [0, 0.1) is 5.92 Å². The Labute approximate surface area is 136 Å². The summed E-state index contributed by atoms with van der Waals surface area (Å²) < 4.78 is 5.83. The Kier molecular flexibility index (Phi) is 5.51. The summed E-state index contributed by atoms with van der Waals surface area (Å²) in [5, 5.41) is 9.25. The van der Waals surface area contributed by atoms with E-state index in [-0.39, 0.29) is 12.0 Å². The third-order valence-corrected chi connectivity index (χ3v) is 4.81. The van der Waals surface area contributed by atoms with Crippen LogP contribution in [0.15, 0.2) is 6.07 Å². The van der Waals surface area contributed by atoms with Crippen LogP contribution < -0.4 is 11.1 Å². The number of carbonyl (C=O) groups is 1. The van der Waals surface area contributed by atoms with Gasteiger partial charge in [0.25, 0.3) is 5.91 Å². The van der Waals surface area contributed by atoms with Gasteiger partial charge in [-0.05, 0) is 25.2 Å². The monoisotopic (exact) mass is 321 g/mol. The topological polar surface area (TPSA) is 96.3 Å². The minimum Gasteiger partial charge on any atom is -0.382 e. The first-order valence-corrected chi connectivity index (χ1v) is 8.64. The van der Waals surface area contributed by atoms with E-state index in [2.05, 4.69) is 20.4 Å². The number of nitrogens with one attached hydrogen (secondary N) is 2. The summed E-state index contributed by atoms with van der Waals surface area (Å²) in [4.78, 5) is 14.4. The third-order valence-electron chi connectivity index (χ3n) is 4.81. The maximum Gasteiger partial charge on any atom is 0.269 e. The molecule has 3 rings (SSSR count). The molecule has 1 aromatic heterocycles. The minimum atomic E-state index is -0.173. The SMILES string of the molecule is Nc1cc(C(=O)NCC[C@H]2CN(CC3CCCC3)CCO2)[nH]n1. The average Bonchev–Trinajstić information content (AvgIpc) is 3.19. The van der Waals surface area contributed by atoms with Crippen LogP contribution in [0.2, 0.25) is 0 Å². The van der Waals surface area contributed by atoms with Gasteiger partial charge < -0.3 is 15.8 Å². The van der Waals surface area contributed by atoms with Gasteiger partial charge in [0.1, 0.15) is 11.5 Å². The van der Waals surface area contributed by atoms with Gasteiger partial charge in [-0.3, -0.25) is 14.8 Å². The first-order valence-electron chi connectivity index (χ1n) is 8.64. The van der Waals surface area contributed by atoms with E-state index in [9.17, 15) is 4.79 Å². The predicted octanol–water partition coefficient (Wildman–Crippen LogP) is 1.00. The lowest BCUT2D eigenvalue weighted by molar-refractivity contribution is -0.0355. The van der Waals surface area contributed by atoms with Gasteiger partial charge in [0.2, 0.25) is 0 Å². The fourth-order valence-electron chi connectivity index (χ4n) is 3.57. The van der Waals surface area contributed by atoms with E-state index in [1.54, 1.807) is 0 Å². The molecule has 2 fully saturated rings. The summed E-state index contributed by atoms with van der Waals surface area (Å²) in [6.45, 7) is 4.61. The number of aromatic nitrogens is 2. The van der Waals surface area contributed by atoms with Crippen molar-refractivity contribution in [2.24, 2.45) is 5.92 Å². The molecule has 1 aliphatic carbocycles. The van der Waals surface area contributed by atoms with Gasteiger partial charge in [-0.15, -0.1) is 0 Å². The Balaban J connectivity index is 1.37. The van der Waals surface area contributed by atoms with Crippen LogP contribution in [0.1, 0.15) is 42.6 Å². The van der Waals surface area contributed by atoms with E-state index >= 15 is 0 Å². The lowest BCUT2D eigenvalue weighted by Gasteiger charge is -2.34. The van der Waals surface area contributed by atoms with Crippen LogP contribution in [0.5, 0.6) is 0 Å². The van der Waals surface area contributed by atoms with Crippen LogP contribution >= 0.6 is 0 Å². The van der Waals surface area contributed by atoms with Crippen LogP contribution in [-0.2, 0) is 4.74 Å². The van der Waals surface area contributed by atoms with Crippen molar-refractivity contribution in [2.45, 2.75) is 38.2 Å². The number of carbonyl (C=O) groups excluding carboxylic acids is 1. The molecule has 7 heteroatoms. The lowest BCUT2D eigenvalue weighted by atomic mass is 10.1. The zero-order valence-corrected chi connectivity index (χ0v) is 13.6. The van der Waals surface area contributed by atoms with Crippen molar-refractivity contribution in [3.05, 3.63) is 11.8 Å². The Morgan fingerprint density at radius 1 is 1.48 bits per heavy atom. The maximum absolute atomic E-state index is 11.9. The molecule has 1 saturated carbocycles. The first kappa shape index (κ1) is 16.3. The molecule has 1 aliphatic heterocycles. The molecule has 0 aromatic carbocycles. The number of anilines is 1. The number of nitrogens with zero attached hydrogens (tertiary/aromatic N) is 2. The van der Waals surface area contributed by atoms with Crippen LogP contribution in [0.25, 0.3) is 0 Å². The number of morpholine rings is 1. The second kappa shape index (κ2) is 7.79. The smallest absolute Gasteiger partial charge is 0.269 e. The normalized spacial score (nSPS) is 23.2. The molecule has 0 radical (unpaired) electrons. The van der Waals surface area contributed by atoms with Gasteiger partial charge in [-0.25, -0.2) is 0 Å². The summed E-state index contributed by atoms with van der Waals surface area (Å²) in [5.74, 6) is 1.03. The molecule has 2 aliphatic rings. The molecule has 1 saturated heterocycles. The Hall–Kier alpha value is -1.60. The highest BCUT2D eigenvalue weighted by Gasteiger charge is 2.24. The number of amides is 1. The van der Waals surface area contributed by atoms with Crippen molar-refractivity contribution in [2.75, 3.05) is 38.5 Å². The predicted molar refractivity (Wildman–Crippen MR) is 88.1 cm³/mol. The lowest BCUT2D eigenvalue weighted by Crippen LogP contribution is -2.45. The first-order chi connectivity index (χ1) is 11.2. The molecule has 1 amide bonds. The summed E-state index contributed by atoms with van der Waals surface area (Å²) in [6.07, 6.45) is 6.58. The summed E-state index contributed by atoms with van der Waals surface area (Å²) in [6, 6.07) is 1.54. The van der Waals surface area contributed by atoms with Crippen LogP contribution in [0.3, 0.4) is 0 Å². The Morgan fingerprint density at radius 2 is 2.30 bits per heavy atom. The summed E-state index contributed by atoms with van der Waals surface area (Å²) in [7, 11) is 0. The quantitative estimate of drug-likeness (QED) is 0.726. The van der Waals surface area contributed by atoms with Crippen molar-refractivity contribution in [1.82, 2.24) is 20.4 Å². The van der Waals surface area contributed by atoms with Crippen LogP contribution in [-0.4, -0.2) is 59.9 Å². The molecule has 0 bridgehead atoms. The molecule has 23 heavy (non-hydrogen) atoms. The van der Waals surface area contributed by atoms with E-state index < -0.39 is 0 Å². The molecular weight excluding hydrogens is 294 g/mol. The van der Waals surface area contributed by atoms with Gasteiger partial charge in [0, 0.05) is 32.2 Å². The number of nitrogens with two attached hydrogens (primary N) is 1. The van der Waals surface area contributed by atoms with Crippen molar-refractivity contribution >= 4 is 11.7 Å². The van der Waals surface area contributed by atoms with Gasteiger partial charge >= 0.3 is 0 Å². The van der Waals surface area contributed by atoms with E-state index in [1.165, 1.54) is 38.3 Å². The highest BCUT2D eigenvalue weighted by Crippen LogP contribution is 2.26. The number of ether oxygens (including phenoxy) is 1. The molecule has 1 aromatic rings. The largest absolute Gasteiger partial charge is 0.382 e. The zero-order chi connectivity index (χ0) is 16.1. The minimum absolute atomic E-state index is 0.173. The van der Waals surface area contributed by atoms with Crippen molar-refractivity contribution in [1.29, 1.82) is 0 Å². The second-order valence-corrected chi connectivity index (χ2v) is 6.65. The molecule has 4 N–H and O–H groups in total. The van der Waals surface area contributed by atoms with Crippen molar-refractivity contribution < 1.29 is 9.53 Å². The molecule has 1 atom stereocenters. The second-order valence-electron chi connectivity index (χ2n) is 6.65. The molecular formula is C16H27N5O2. The van der Waals surface area contributed by atoms with Crippen molar-refractivity contribution in [3.63, 3.8) is 0 Å². The summed E-state index contributed by atoms with van der Waals surface area (Å²) >= 11 is 0. The number of rotatable bonds is 6. The van der Waals surface area contributed by atoms with Gasteiger partial charge in [0.05, 0.1) is 12.7 Å². The summed E-state index contributed by atoms with van der Waals surface area (Å²) in [5.41, 5.74) is 5.89. The fourth-order valence-corrected chi connectivity index (χ4v) is 3.57. The number of hydrogen-bond acceptors (Lipinski definition) is 5. The number of H-pyrrole nitrogens is 1. The number of nitrogen functional groups attached to an aromatic ring is 1. The number of hydrogen-bond donors (Lipinski definition) is 3. The zero-order valence-electron chi connectivity index (χ0n) is 13.6. The van der Waals surface area contributed by atoms with E-state index in [0.29, 0.717) is 18.1 Å². The highest BCUT2D eigenvalue weighted by molar-refractivity contribution is 5.92. The van der Waals surface area contributed by atoms with Crippen molar-refractivity contribution in [3.8, 4) is 0 Å². The van der Waals surface area contributed by atoms with E-state index in [1.807, 2.05) is 0 Å². The Morgan fingerprint density at radius 3 is 3.04 bits per heavy atom. The van der Waals surface area contributed by atoms with Gasteiger partial charge in [0.15, 0.2) is 0 Å². The average molecular weight is 321 g/mol. The van der Waals surface area contributed by atoms with Crippen LogP contribution in [0.4, 0.5) is 5.82 Å². The highest BCUT2D eigenvalue weighted by atomic mass is 16.5. The standard InChI is InChI=1S/C16H27N5O2/c17-15-9-14(19-20-15)16(22)18-6-5-13-11-21(7-8-23-13)10-12-3-1-2-4-12/h9,12-13H,1-8,10-11H2,(H,18,22)(H3,17,19,20)/t13-/m0/s1. The molecule has 128 valence electrons. The Bertz CT molecular complexity index is 512. The van der Waals surface area contributed by atoms with Gasteiger partial charge in [-0.1, -0.05) is 12.8 Å². The fraction of sp³-hybridized carbons (Fsp3) is 0.750. The molecule has 7 nitrogen and oxygen atoms in total. The van der Waals surface area contributed by atoms with E-state index in [0.717, 1.165) is 32.0 Å². The molecule has 0 spiro atoms. The molecule has 2 heterocycles. The van der Waals surface area contributed by atoms with E-state index in [4.69, 9.17) is 10.5 Å².